The van der Waals surface area contributed by atoms with Crippen molar-refractivity contribution < 1.29 is 9.53 Å². The molecule has 3 rings (SSSR count). The van der Waals surface area contributed by atoms with Gasteiger partial charge in [0.15, 0.2) is 0 Å². The van der Waals surface area contributed by atoms with Crippen molar-refractivity contribution in [1.29, 1.82) is 0 Å². The van der Waals surface area contributed by atoms with E-state index in [0.717, 1.165) is 31.2 Å². The predicted octanol–water partition coefficient (Wildman–Crippen LogP) is 4.54. The standard InChI is InChI=1S/C20H24N2O2/c1-3-11-20(12-7-8-13-20)24-19(23)18-14-21-15-22(18)16(2)17-9-5-4-6-10-17/h3-6,9-10,14-16H,1,7-8,11-13H2,2H3/t16-/m1/s1. The Morgan fingerprint density at radius 2 is 2.08 bits per heavy atom. The highest BCUT2D eigenvalue weighted by atomic mass is 16.6. The zero-order valence-corrected chi connectivity index (χ0v) is 14.1. The molecule has 1 aromatic carbocycles. The normalized spacial score (nSPS) is 17.4. The summed E-state index contributed by atoms with van der Waals surface area (Å²) in [6.45, 7) is 5.87. The molecule has 1 fully saturated rings. The highest BCUT2D eigenvalue weighted by Crippen LogP contribution is 2.37. The van der Waals surface area contributed by atoms with Gasteiger partial charge in [-0.2, -0.15) is 0 Å². The minimum Gasteiger partial charge on any atom is -0.454 e. The van der Waals surface area contributed by atoms with Gasteiger partial charge in [0.1, 0.15) is 11.3 Å². The van der Waals surface area contributed by atoms with Gasteiger partial charge in [-0.05, 0) is 38.2 Å². The van der Waals surface area contributed by atoms with Crippen molar-refractivity contribution in [2.24, 2.45) is 0 Å². The number of nitrogens with zero attached hydrogens (tertiary/aromatic N) is 2. The van der Waals surface area contributed by atoms with E-state index in [9.17, 15) is 4.79 Å². The molecule has 0 aliphatic heterocycles. The van der Waals surface area contributed by atoms with Crippen LogP contribution in [0.5, 0.6) is 0 Å². The smallest absolute Gasteiger partial charge is 0.357 e. The quantitative estimate of drug-likeness (QED) is 0.579. The maximum Gasteiger partial charge on any atom is 0.357 e. The molecule has 24 heavy (non-hydrogen) atoms. The van der Waals surface area contributed by atoms with Crippen molar-refractivity contribution in [2.75, 3.05) is 0 Å². The molecule has 126 valence electrons. The van der Waals surface area contributed by atoms with Crippen molar-refractivity contribution in [3.8, 4) is 0 Å². The van der Waals surface area contributed by atoms with Gasteiger partial charge in [0.2, 0.25) is 0 Å². The van der Waals surface area contributed by atoms with Crippen molar-refractivity contribution in [3.63, 3.8) is 0 Å². The number of benzene rings is 1. The van der Waals surface area contributed by atoms with E-state index in [2.05, 4.69) is 30.6 Å². The third-order valence-corrected chi connectivity index (χ3v) is 4.91. The van der Waals surface area contributed by atoms with E-state index in [1.54, 1.807) is 12.5 Å². The number of ether oxygens (including phenoxy) is 1. The van der Waals surface area contributed by atoms with Crippen molar-refractivity contribution in [2.45, 2.75) is 50.7 Å². The molecule has 1 heterocycles. The Kier molecular flexibility index (Phi) is 4.84. The lowest BCUT2D eigenvalue weighted by Crippen LogP contribution is -2.32. The van der Waals surface area contributed by atoms with E-state index in [1.807, 2.05) is 28.8 Å². The van der Waals surface area contributed by atoms with Crippen LogP contribution in [0.1, 0.15) is 61.1 Å². The second kappa shape index (κ2) is 7.04. The molecule has 0 unspecified atom stereocenters. The molecule has 4 heteroatoms. The lowest BCUT2D eigenvalue weighted by Gasteiger charge is -2.28. The van der Waals surface area contributed by atoms with Gasteiger partial charge >= 0.3 is 5.97 Å². The molecular formula is C20H24N2O2. The lowest BCUT2D eigenvalue weighted by atomic mass is 9.97. The number of esters is 1. The maximum atomic E-state index is 12.8. The molecule has 1 aliphatic carbocycles. The van der Waals surface area contributed by atoms with E-state index in [4.69, 9.17) is 4.74 Å². The molecule has 1 atom stereocenters. The molecule has 0 radical (unpaired) electrons. The first kappa shape index (κ1) is 16.5. The average Bonchev–Trinajstić information content (AvgIpc) is 3.25. The third-order valence-electron chi connectivity index (χ3n) is 4.91. The van der Waals surface area contributed by atoms with Gasteiger partial charge in [-0.25, -0.2) is 9.78 Å². The van der Waals surface area contributed by atoms with Crippen LogP contribution in [0.2, 0.25) is 0 Å². The second-order valence-corrected chi connectivity index (χ2v) is 6.55. The number of rotatable bonds is 6. The van der Waals surface area contributed by atoms with E-state index < -0.39 is 0 Å². The summed E-state index contributed by atoms with van der Waals surface area (Å²) >= 11 is 0. The molecule has 0 amide bonds. The summed E-state index contributed by atoms with van der Waals surface area (Å²) in [5.41, 5.74) is 1.25. The Morgan fingerprint density at radius 3 is 2.75 bits per heavy atom. The fourth-order valence-corrected chi connectivity index (χ4v) is 3.54. The highest BCUT2D eigenvalue weighted by Gasteiger charge is 2.37. The van der Waals surface area contributed by atoms with Gasteiger partial charge in [-0.15, -0.1) is 6.58 Å². The van der Waals surface area contributed by atoms with Gasteiger partial charge < -0.3 is 9.30 Å². The Bertz CT molecular complexity index is 699. The van der Waals surface area contributed by atoms with Crippen LogP contribution in [-0.2, 0) is 4.74 Å². The first-order valence-corrected chi connectivity index (χ1v) is 8.56. The Morgan fingerprint density at radius 1 is 1.38 bits per heavy atom. The van der Waals surface area contributed by atoms with Crippen molar-refractivity contribution in [1.82, 2.24) is 9.55 Å². The molecule has 1 aliphatic rings. The van der Waals surface area contributed by atoms with Gasteiger partial charge in [-0.1, -0.05) is 36.4 Å². The van der Waals surface area contributed by atoms with Crippen molar-refractivity contribution in [3.05, 3.63) is 66.8 Å². The third kappa shape index (κ3) is 3.28. The molecular weight excluding hydrogens is 300 g/mol. The van der Waals surface area contributed by atoms with Gasteiger partial charge in [-0.3, -0.25) is 0 Å². The molecule has 1 aromatic heterocycles. The SMILES string of the molecule is C=CCC1(OC(=O)c2cncn2[C@H](C)c2ccccc2)CCCC1. The number of aromatic nitrogens is 2. The van der Waals surface area contributed by atoms with E-state index in [0.29, 0.717) is 12.1 Å². The summed E-state index contributed by atoms with van der Waals surface area (Å²) in [6.07, 6.45) is 9.87. The Balaban J connectivity index is 1.82. The molecule has 0 spiro atoms. The fraction of sp³-hybridized carbons (Fsp3) is 0.400. The van der Waals surface area contributed by atoms with E-state index >= 15 is 0 Å². The molecule has 0 N–H and O–H groups in total. The van der Waals surface area contributed by atoms with Crippen LogP contribution >= 0.6 is 0 Å². The molecule has 1 saturated carbocycles. The summed E-state index contributed by atoms with van der Waals surface area (Å²) < 4.78 is 7.82. The van der Waals surface area contributed by atoms with Crippen LogP contribution in [0.15, 0.2) is 55.5 Å². The van der Waals surface area contributed by atoms with Crippen LogP contribution in [0.3, 0.4) is 0 Å². The second-order valence-electron chi connectivity index (χ2n) is 6.55. The van der Waals surface area contributed by atoms with E-state index in [1.165, 1.54) is 0 Å². The molecule has 0 bridgehead atoms. The first-order valence-electron chi connectivity index (χ1n) is 8.56. The minimum atomic E-state index is -0.385. The Labute approximate surface area is 143 Å². The molecule has 0 saturated heterocycles. The van der Waals surface area contributed by atoms with Crippen molar-refractivity contribution >= 4 is 5.97 Å². The number of hydrogen-bond donors (Lipinski definition) is 0. The zero-order chi connectivity index (χ0) is 17.0. The Hall–Kier alpha value is -2.36. The van der Waals surface area contributed by atoms with E-state index in [-0.39, 0.29) is 17.6 Å². The van der Waals surface area contributed by atoms with Crippen LogP contribution in [0.4, 0.5) is 0 Å². The van der Waals surface area contributed by atoms with Gasteiger partial charge in [0, 0.05) is 6.42 Å². The number of carbonyl (C=O) groups excluding carboxylic acids is 1. The monoisotopic (exact) mass is 324 g/mol. The summed E-state index contributed by atoms with van der Waals surface area (Å²) in [7, 11) is 0. The van der Waals surface area contributed by atoms with Crippen LogP contribution < -0.4 is 0 Å². The minimum absolute atomic E-state index is 0.0233. The summed E-state index contributed by atoms with van der Waals surface area (Å²) in [6, 6.07) is 10.1. The lowest BCUT2D eigenvalue weighted by molar-refractivity contribution is -0.0149. The number of imidazole rings is 1. The van der Waals surface area contributed by atoms with Crippen LogP contribution in [-0.4, -0.2) is 21.1 Å². The summed E-state index contributed by atoms with van der Waals surface area (Å²) in [5, 5.41) is 0. The zero-order valence-electron chi connectivity index (χ0n) is 14.1. The van der Waals surface area contributed by atoms with Gasteiger partial charge in [0.25, 0.3) is 0 Å². The predicted molar refractivity (Wildman–Crippen MR) is 93.9 cm³/mol. The first-order chi connectivity index (χ1) is 11.7. The van der Waals surface area contributed by atoms with Gasteiger partial charge in [0.05, 0.1) is 18.6 Å². The molecule has 2 aromatic rings. The average molecular weight is 324 g/mol. The van der Waals surface area contributed by atoms with Crippen LogP contribution in [0, 0.1) is 0 Å². The summed E-state index contributed by atoms with van der Waals surface area (Å²) in [5.74, 6) is -0.293. The maximum absolute atomic E-state index is 12.8. The van der Waals surface area contributed by atoms with Crippen LogP contribution in [0.25, 0.3) is 0 Å². The fourth-order valence-electron chi connectivity index (χ4n) is 3.54. The molecule has 4 nitrogen and oxygen atoms in total. The number of hydrogen-bond acceptors (Lipinski definition) is 3. The topological polar surface area (TPSA) is 44.1 Å². The highest BCUT2D eigenvalue weighted by molar-refractivity contribution is 5.87. The largest absolute Gasteiger partial charge is 0.454 e. The summed E-state index contributed by atoms with van der Waals surface area (Å²) in [4.78, 5) is 17.0. The number of carbonyl (C=O) groups is 1.